The second-order valence-electron chi connectivity index (χ2n) is 6.07. The largest absolute Gasteiger partial charge is 0.456 e. The van der Waals surface area contributed by atoms with Crippen molar-refractivity contribution in [2.45, 2.75) is 0 Å². The average molecular weight is 321 g/mol. The Morgan fingerprint density at radius 3 is 2.04 bits per heavy atom. The van der Waals surface area contributed by atoms with Crippen LogP contribution in [0.25, 0.3) is 33.5 Å². The minimum absolute atomic E-state index is 0.872. The second-order valence-corrected chi connectivity index (χ2v) is 6.07. The van der Waals surface area contributed by atoms with E-state index in [1.54, 1.807) is 0 Å². The Balaban J connectivity index is 1.78. The molecule has 0 fully saturated rings. The molecule has 25 heavy (non-hydrogen) atoms. The molecule has 0 unspecified atom stereocenters. The van der Waals surface area contributed by atoms with Gasteiger partial charge in [-0.3, -0.25) is 4.98 Å². The first-order valence-corrected chi connectivity index (χ1v) is 8.32. The minimum Gasteiger partial charge on any atom is -0.456 e. The van der Waals surface area contributed by atoms with Crippen molar-refractivity contribution < 1.29 is 4.74 Å². The minimum atomic E-state index is 0.872. The maximum Gasteiger partial charge on any atom is 0.135 e. The summed E-state index contributed by atoms with van der Waals surface area (Å²) in [6.07, 6.45) is 1.82. The highest BCUT2D eigenvalue weighted by Gasteiger charge is 2.20. The van der Waals surface area contributed by atoms with Gasteiger partial charge in [-0.1, -0.05) is 48.5 Å². The number of ether oxygens (including phenoxy) is 1. The smallest absolute Gasteiger partial charge is 0.135 e. The molecule has 5 rings (SSSR count). The quantitative estimate of drug-likeness (QED) is 0.367. The van der Waals surface area contributed by atoms with E-state index in [9.17, 15) is 0 Å². The number of aromatic nitrogens is 1. The van der Waals surface area contributed by atoms with Crippen molar-refractivity contribution in [2.24, 2.45) is 0 Å². The molecule has 0 N–H and O–H groups in total. The number of rotatable bonds is 1. The molecular weight excluding hydrogens is 306 g/mol. The van der Waals surface area contributed by atoms with Gasteiger partial charge in [-0.15, -0.1) is 0 Å². The van der Waals surface area contributed by atoms with Crippen molar-refractivity contribution in [3.63, 3.8) is 0 Å². The Morgan fingerprint density at radius 1 is 0.560 bits per heavy atom. The number of pyridine rings is 1. The number of hydrogen-bond acceptors (Lipinski definition) is 2. The molecule has 2 heteroatoms. The second kappa shape index (κ2) is 5.60. The van der Waals surface area contributed by atoms with Crippen LogP contribution in [0.1, 0.15) is 0 Å². The van der Waals surface area contributed by atoms with E-state index < -0.39 is 0 Å². The lowest BCUT2D eigenvalue weighted by molar-refractivity contribution is 0.488. The van der Waals surface area contributed by atoms with Gasteiger partial charge in [-0.05, 0) is 47.5 Å². The highest BCUT2D eigenvalue weighted by molar-refractivity contribution is 5.91. The van der Waals surface area contributed by atoms with E-state index in [1.807, 2.05) is 48.7 Å². The topological polar surface area (TPSA) is 22.1 Å². The molecule has 1 aliphatic rings. The molecule has 1 aromatic heterocycles. The van der Waals surface area contributed by atoms with Crippen molar-refractivity contribution >= 4 is 0 Å². The molecule has 1 aliphatic heterocycles. The summed E-state index contributed by atoms with van der Waals surface area (Å²) in [5.41, 5.74) is 6.63. The van der Waals surface area contributed by atoms with E-state index in [0.29, 0.717) is 0 Å². The molecule has 118 valence electrons. The van der Waals surface area contributed by atoms with Crippen LogP contribution in [0.3, 0.4) is 0 Å². The summed E-state index contributed by atoms with van der Waals surface area (Å²) >= 11 is 0. The van der Waals surface area contributed by atoms with E-state index in [1.165, 1.54) is 11.1 Å². The van der Waals surface area contributed by atoms with Crippen LogP contribution in [0.5, 0.6) is 11.5 Å². The van der Waals surface area contributed by atoms with E-state index >= 15 is 0 Å². The monoisotopic (exact) mass is 321 g/mol. The van der Waals surface area contributed by atoms with Gasteiger partial charge in [0.15, 0.2) is 0 Å². The lowest BCUT2D eigenvalue weighted by Crippen LogP contribution is -1.88. The van der Waals surface area contributed by atoms with E-state index in [-0.39, 0.29) is 0 Å². The third kappa shape index (κ3) is 2.31. The van der Waals surface area contributed by atoms with Crippen LogP contribution in [0.15, 0.2) is 91.1 Å². The molecule has 4 aromatic rings. The van der Waals surface area contributed by atoms with E-state index in [0.717, 1.165) is 33.9 Å². The van der Waals surface area contributed by atoms with Crippen molar-refractivity contribution in [3.8, 4) is 45.0 Å². The van der Waals surface area contributed by atoms with Gasteiger partial charge < -0.3 is 4.74 Å². The highest BCUT2D eigenvalue weighted by atomic mass is 16.5. The lowest BCUT2D eigenvalue weighted by Gasteiger charge is -2.11. The number of fused-ring (bicyclic) bond motifs is 5. The summed E-state index contributed by atoms with van der Waals surface area (Å²) in [5, 5.41) is 0. The lowest BCUT2D eigenvalue weighted by atomic mass is 9.93. The molecule has 0 amide bonds. The van der Waals surface area contributed by atoms with Crippen LogP contribution in [0, 0.1) is 0 Å². The first-order chi connectivity index (χ1) is 12.4. The maximum absolute atomic E-state index is 6.26. The van der Waals surface area contributed by atoms with E-state index in [4.69, 9.17) is 4.74 Å². The van der Waals surface area contributed by atoms with Crippen LogP contribution in [-0.4, -0.2) is 4.98 Å². The third-order valence-electron chi connectivity index (χ3n) is 4.55. The summed E-state index contributed by atoms with van der Waals surface area (Å²) in [6.45, 7) is 0. The SMILES string of the molecule is c1ccc(-c2ccc3c(c2)-c2ccccc2-c2ccccc2O3)nc1. The van der Waals surface area contributed by atoms with Gasteiger partial charge in [0.25, 0.3) is 0 Å². The first-order valence-electron chi connectivity index (χ1n) is 8.32. The zero-order valence-corrected chi connectivity index (χ0v) is 13.5. The molecule has 0 saturated heterocycles. The molecule has 0 aliphatic carbocycles. The summed E-state index contributed by atoms with van der Waals surface area (Å²) in [5.74, 6) is 1.76. The summed E-state index contributed by atoms with van der Waals surface area (Å²) in [4.78, 5) is 4.48. The summed E-state index contributed by atoms with van der Waals surface area (Å²) in [6, 6.07) is 28.9. The Kier molecular flexibility index (Phi) is 3.14. The third-order valence-corrected chi connectivity index (χ3v) is 4.55. The van der Waals surface area contributed by atoms with Gasteiger partial charge in [0.05, 0.1) is 5.69 Å². The van der Waals surface area contributed by atoms with Crippen molar-refractivity contribution in [1.82, 2.24) is 4.98 Å². The molecule has 0 atom stereocenters. The predicted molar refractivity (Wildman–Crippen MR) is 101 cm³/mol. The average Bonchev–Trinajstić information content (AvgIpc) is 2.83. The normalized spacial score (nSPS) is 11.5. The molecule has 2 heterocycles. The van der Waals surface area contributed by atoms with Crippen molar-refractivity contribution in [1.29, 1.82) is 0 Å². The van der Waals surface area contributed by atoms with E-state index in [2.05, 4.69) is 47.4 Å². The summed E-state index contributed by atoms with van der Waals surface area (Å²) in [7, 11) is 0. The predicted octanol–water partition coefficient (Wildman–Crippen LogP) is 6.19. The Bertz CT molecular complexity index is 1070. The van der Waals surface area contributed by atoms with Gasteiger partial charge in [0, 0.05) is 22.9 Å². The van der Waals surface area contributed by atoms with Crippen molar-refractivity contribution in [2.75, 3.05) is 0 Å². The van der Waals surface area contributed by atoms with Crippen LogP contribution in [-0.2, 0) is 0 Å². The van der Waals surface area contributed by atoms with Crippen LogP contribution < -0.4 is 4.74 Å². The standard InChI is InChI=1S/C23H15NO/c1-2-8-18-17(7-1)19-9-3-4-11-22(19)25-23-13-12-16(15-20(18)23)21-10-5-6-14-24-21/h1-15H. The maximum atomic E-state index is 6.26. The zero-order valence-electron chi connectivity index (χ0n) is 13.5. The molecular formula is C23H15NO. The Hall–Kier alpha value is -3.39. The zero-order chi connectivity index (χ0) is 16.6. The first kappa shape index (κ1) is 14.0. The Morgan fingerprint density at radius 2 is 1.24 bits per heavy atom. The number of nitrogens with zero attached hydrogens (tertiary/aromatic N) is 1. The molecule has 0 radical (unpaired) electrons. The molecule has 2 nitrogen and oxygen atoms in total. The van der Waals surface area contributed by atoms with Crippen LogP contribution in [0.2, 0.25) is 0 Å². The Labute approximate surface area is 146 Å². The molecule has 3 aromatic carbocycles. The fourth-order valence-electron chi connectivity index (χ4n) is 3.37. The fourth-order valence-corrected chi connectivity index (χ4v) is 3.37. The van der Waals surface area contributed by atoms with Gasteiger partial charge in [-0.25, -0.2) is 0 Å². The van der Waals surface area contributed by atoms with Gasteiger partial charge in [0.2, 0.25) is 0 Å². The molecule has 0 bridgehead atoms. The van der Waals surface area contributed by atoms with Gasteiger partial charge in [-0.2, -0.15) is 0 Å². The van der Waals surface area contributed by atoms with Gasteiger partial charge >= 0.3 is 0 Å². The fraction of sp³-hybridized carbons (Fsp3) is 0. The number of hydrogen-bond donors (Lipinski definition) is 0. The van der Waals surface area contributed by atoms with Crippen LogP contribution >= 0.6 is 0 Å². The van der Waals surface area contributed by atoms with Crippen molar-refractivity contribution in [3.05, 3.63) is 91.1 Å². The highest BCUT2D eigenvalue weighted by Crippen LogP contribution is 2.47. The van der Waals surface area contributed by atoms with Gasteiger partial charge in [0.1, 0.15) is 11.5 Å². The van der Waals surface area contributed by atoms with Crippen LogP contribution in [0.4, 0.5) is 0 Å². The molecule has 0 saturated carbocycles. The number of para-hydroxylation sites is 1. The number of benzene rings is 3. The molecule has 0 spiro atoms. The summed E-state index contributed by atoms with van der Waals surface area (Å²) < 4.78 is 6.26.